The lowest BCUT2D eigenvalue weighted by Gasteiger charge is -2.12. The van der Waals surface area contributed by atoms with Crippen LogP contribution >= 0.6 is 35.3 Å². The van der Waals surface area contributed by atoms with Gasteiger partial charge in [0.05, 0.1) is 6.54 Å². The van der Waals surface area contributed by atoms with E-state index in [0.717, 1.165) is 18.9 Å². The summed E-state index contributed by atoms with van der Waals surface area (Å²) in [5.41, 5.74) is 0. The number of rotatable bonds is 8. The van der Waals surface area contributed by atoms with E-state index in [4.69, 9.17) is 0 Å². The summed E-state index contributed by atoms with van der Waals surface area (Å²) >= 11 is 1.81. The molecule has 0 spiro atoms. The Morgan fingerprint density at radius 2 is 1.78 bits per heavy atom. The number of nitrogens with one attached hydrogen (secondary N) is 3. The van der Waals surface area contributed by atoms with Crippen molar-refractivity contribution >= 4 is 47.2 Å². The van der Waals surface area contributed by atoms with E-state index in [1.165, 1.54) is 9.75 Å². The van der Waals surface area contributed by atoms with Gasteiger partial charge in [0.15, 0.2) is 5.96 Å². The number of amides is 1. The van der Waals surface area contributed by atoms with Crippen molar-refractivity contribution in [2.75, 3.05) is 19.6 Å². The molecule has 3 N–H and O–H groups in total. The van der Waals surface area contributed by atoms with Crippen molar-refractivity contribution in [3.05, 3.63) is 21.9 Å². The molecular formula is C16H29IN4OS. The quantitative estimate of drug-likeness (QED) is 0.246. The molecule has 0 unspecified atom stereocenters. The predicted octanol–water partition coefficient (Wildman–Crippen LogP) is 2.76. The largest absolute Gasteiger partial charge is 0.357 e. The number of nitrogens with zero attached hydrogens (tertiary/aromatic N) is 1. The standard InChI is InChI=1S/C16H28N4OS.HI/c1-5-13-7-8-14(22-13)11-20-16(17-6-2)19-10-9-18-15(21)12(3)4;/h7-8,12H,5-6,9-11H2,1-4H3,(H,18,21)(H2,17,19,20);1H. The molecule has 0 fully saturated rings. The van der Waals surface area contributed by atoms with E-state index >= 15 is 0 Å². The zero-order chi connectivity index (χ0) is 16.4. The molecule has 0 aliphatic rings. The number of aliphatic imine (C=N–C) groups is 1. The highest BCUT2D eigenvalue weighted by Crippen LogP contribution is 2.17. The van der Waals surface area contributed by atoms with Crippen LogP contribution in [0, 0.1) is 5.92 Å². The van der Waals surface area contributed by atoms with Gasteiger partial charge in [0.25, 0.3) is 0 Å². The van der Waals surface area contributed by atoms with Gasteiger partial charge in [0.2, 0.25) is 5.91 Å². The SMILES string of the molecule is CCNC(=NCc1ccc(CC)s1)NCCNC(=O)C(C)C.I. The number of carbonyl (C=O) groups excluding carboxylic acids is 1. The van der Waals surface area contributed by atoms with Gasteiger partial charge in [-0.3, -0.25) is 4.79 Å². The Hall–Kier alpha value is -0.830. The number of aryl methyl sites for hydroxylation is 1. The van der Waals surface area contributed by atoms with Gasteiger partial charge < -0.3 is 16.0 Å². The van der Waals surface area contributed by atoms with Gasteiger partial charge in [-0.15, -0.1) is 35.3 Å². The number of halogens is 1. The van der Waals surface area contributed by atoms with E-state index in [1.807, 2.05) is 32.1 Å². The third-order valence-corrected chi connectivity index (χ3v) is 4.26. The lowest BCUT2D eigenvalue weighted by atomic mass is 10.2. The van der Waals surface area contributed by atoms with Gasteiger partial charge in [-0.1, -0.05) is 20.8 Å². The molecule has 5 nitrogen and oxygen atoms in total. The van der Waals surface area contributed by atoms with Crippen LogP contribution < -0.4 is 16.0 Å². The molecule has 132 valence electrons. The smallest absolute Gasteiger partial charge is 0.222 e. The first-order valence-corrected chi connectivity index (χ1v) is 8.75. The first kappa shape index (κ1) is 22.2. The molecule has 23 heavy (non-hydrogen) atoms. The average Bonchev–Trinajstić information content (AvgIpc) is 2.96. The van der Waals surface area contributed by atoms with Crippen LogP contribution in [0.5, 0.6) is 0 Å². The Kier molecular flexibility index (Phi) is 12.1. The summed E-state index contributed by atoms with van der Waals surface area (Å²) in [6.07, 6.45) is 1.07. The van der Waals surface area contributed by atoms with Crippen molar-refractivity contribution < 1.29 is 4.79 Å². The molecule has 1 aromatic rings. The maximum absolute atomic E-state index is 11.5. The number of guanidine groups is 1. The van der Waals surface area contributed by atoms with Gasteiger partial charge >= 0.3 is 0 Å². The molecule has 0 saturated carbocycles. The van der Waals surface area contributed by atoms with Crippen molar-refractivity contribution in [1.82, 2.24) is 16.0 Å². The monoisotopic (exact) mass is 452 g/mol. The first-order chi connectivity index (χ1) is 10.6. The second-order valence-corrected chi connectivity index (χ2v) is 6.54. The molecule has 1 aromatic heterocycles. The number of carbonyl (C=O) groups is 1. The highest BCUT2D eigenvalue weighted by molar-refractivity contribution is 14.0. The maximum atomic E-state index is 11.5. The van der Waals surface area contributed by atoms with E-state index in [0.29, 0.717) is 19.6 Å². The Bertz CT molecular complexity index is 488. The highest BCUT2D eigenvalue weighted by Gasteiger charge is 2.05. The van der Waals surface area contributed by atoms with Crippen molar-refractivity contribution in [1.29, 1.82) is 0 Å². The van der Waals surface area contributed by atoms with Crippen LogP contribution in [-0.2, 0) is 17.8 Å². The average molecular weight is 452 g/mol. The van der Waals surface area contributed by atoms with E-state index < -0.39 is 0 Å². The zero-order valence-electron chi connectivity index (χ0n) is 14.4. The third kappa shape index (κ3) is 9.14. The van der Waals surface area contributed by atoms with Gasteiger partial charge in [-0.25, -0.2) is 4.99 Å². The van der Waals surface area contributed by atoms with Gasteiger partial charge in [-0.2, -0.15) is 0 Å². The molecule has 1 amide bonds. The van der Waals surface area contributed by atoms with Crippen LogP contribution in [-0.4, -0.2) is 31.5 Å². The van der Waals surface area contributed by atoms with Crippen molar-refractivity contribution in [2.24, 2.45) is 10.9 Å². The van der Waals surface area contributed by atoms with Crippen LogP contribution in [0.15, 0.2) is 17.1 Å². The minimum Gasteiger partial charge on any atom is -0.357 e. The number of hydrogen-bond acceptors (Lipinski definition) is 3. The van der Waals surface area contributed by atoms with Crippen LogP contribution in [0.25, 0.3) is 0 Å². The second kappa shape index (κ2) is 12.6. The summed E-state index contributed by atoms with van der Waals surface area (Å²) in [6, 6.07) is 4.30. The van der Waals surface area contributed by atoms with Crippen LogP contribution in [0.2, 0.25) is 0 Å². The summed E-state index contributed by atoms with van der Waals surface area (Å²) in [5, 5.41) is 9.33. The molecule has 7 heteroatoms. The van der Waals surface area contributed by atoms with Crippen LogP contribution in [0.1, 0.15) is 37.4 Å². The van der Waals surface area contributed by atoms with E-state index in [9.17, 15) is 4.79 Å². The summed E-state index contributed by atoms with van der Waals surface area (Å²) in [6.45, 7) is 10.7. The fraction of sp³-hybridized carbons (Fsp3) is 0.625. The molecule has 0 aromatic carbocycles. The molecule has 1 rings (SSSR count). The molecule has 0 aliphatic heterocycles. The zero-order valence-corrected chi connectivity index (χ0v) is 17.6. The predicted molar refractivity (Wildman–Crippen MR) is 110 cm³/mol. The Morgan fingerprint density at radius 3 is 2.35 bits per heavy atom. The highest BCUT2D eigenvalue weighted by atomic mass is 127. The summed E-state index contributed by atoms with van der Waals surface area (Å²) < 4.78 is 0. The third-order valence-electron chi connectivity index (χ3n) is 3.04. The molecule has 0 radical (unpaired) electrons. The van der Waals surface area contributed by atoms with Crippen LogP contribution in [0.4, 0.5) is 0 Å². The number of hydrogen-bond donors (Lipinski definition) is 3. The molecule has 0 bridgehead atoms. The van der Waals surface area contributed by atoms with Gasteiger partial charge in [0.1, 0.15) is 0 Å². The lowest BCUT2D eigenvalue weighted by Crippen LogP contribution is -2.42. The van der Waals surface area contributed by atoms with Crippen molar-refractivity contribution in [3.8, 4) is 0 Å². The Labute approximate surface area is 160 Å². The Morgan fingerprint density at radius 1 is 1.13 bits per heavy atom. The Balaban J connectivity index is 0.00000484. The summed E-state index contributed by atoms with van der Waals surface area (Å²) in [7, 11) is 0. The van der Waals surface area contributed by atoms with E-state index in [1.54, 1.807) is 0 Å². The van der Waals surface area contributed by atoms with E-state index in [-0.39, 0.29) is 35.8 Å². The lowest BCUT2D eigenvalue weighted by molar-refractivity contribution is -0.123. The summed E-state index contributed by atoms with van der Waals surface area (Å²) in [5.74, 6) is 0.885. The normalized spacial score (nSPS) is 11.1. The molecule has 0 atom stereocenters. The fourth-order valence-corrected chi connectivity index (χ4v) is 2.65. The maximum Gasteiger partial charge on any atom is 0.222 e. The van der Waals surface area contributed by atoms with Crippen molar-refractivity contribution in [2.45, 2.75) is 40.7 Å². The summed E-state index contributed by atoms with van der Waals surface area (Å²) in [4.78, 5) is 18.7. The van der Waals surface area contributed by atoms with E-state index in [2.05, 4.69) is 40.0 Å². The molecule has 0 aliphatic carbocycles. The van der Waals surface area contributed by atoms with Crippen LogP contribution in [0.3, 0.4) is 0 Å². The minimum atomic E-state index is 0. The number of thiophene rings is 1. The second-order valence-electron chi connectivity index (χ2n) is 5.29. The molecule has 1 heterocycles. The first-order valence-electron chi connectivity index (χ1n) is 7.94. The van der Waals surface area contributed by atoms with Crippen molar-refractivity contribution in [3.63, 3.8) is 0 Å². The molecule has 0 saturated heterocycles. The minimum absolute atomic E-state index is 0. The fourth-order valence-electron chi connectivity index (χ4n) is 1.77. The van der Waals surface area contributed by atoms with Gasteiger partial charge in [0, 0.05) is 35.3 Å². The molecular weight excluding hydrogens is 423 g/mol. The van der Waals surface area contributed by atoms with Gasteiger partial charge in [-0.05, 0) is 25.5 Å². The topological polar surface area (TPSA) is 65.5 Å².